The third-order valence-electron chi connectivity index (χ3n) is 4.55. The normalized spacial score (nSPS) is 12.9. The summed E-state index contributed by atoms with van der Waals surface area (Å²) in [6, 6.07) is 12.3. The highest BCUT2D eigenvalue weighted by Crippen LogP contribution is 2.40. The van der Waals surface area contributed by atoms with Gasteiger partial charge in [-0.3, -0.25) is 0 Å². The van der Waals surface area contributed by atoms with Gasteiger partial charge < -0.3 is 30.1 Å². The number of ether oxygens (including phenoxy) is 2. The summed E-state index contributed by atoms with van der Waals surface area (Å²) in [5.41, 5.74) is 0.674. The molecule has 176 valence electrons. The number of carboxylic acid groups (broad SMARTS) is 1. The summed E-state index contributed by atoms with van der Waals surface area (Å²) in [6.45, 7) is 4.44. The Kier molecular flexibility index (Phi) is 11.3. The van der Waals surface area contributed by atoms with Crippen LogP contribution in [0.25, 0.3) is 0 Å². The van der Waals surface area contributed by atoms with Gasteiger partial charge in [0.1, 0.15) is 12.0 Å². The summed E-state index contributed by atoms with van der Waals surface area (Å²) in [5.74, 6) is 0.0256. The average molecular weight is 465 g/mol. The van der Waals surface area contributed by atoms with Crippen LogP contribution in [-0.2, 0) is 4.74 Å². The molecule has 0 saturated carbocycles. The van der Waals surface area contributed by atoms with E-state index in [2.05, 4.69) is 17.0 Å². The number of aliphatic hydroxyl groups is 2. The minimum atomic E-state index is -1.06. The van der Waals surface area contributed by atoms with Crippen LogP contribution in [0.5, 0.6) is 11.5 Å². The molecule has 0 fully saturated rings. The van der Waals surface area contributed by atoms with Crippen LogP contribution in [-0.4, -0.2) is 53.4 Å². The monoisotopic (exact) mass is 464 g/mol. The standard InChI is InChI=1S/C23H32N2O6S/c1-3-5-11-24-18-14-16(23(28)29)15-20(21(18)31-17-9-7-6-8-10-17)32-25-22(19(27)4-2)30-13-12-26/h6-10,14-15,19,22,24-27H,3-5,11-13H2,1-2H3,(H,28,29). The minimum absolute atomic E-state index is 0.0572. The van der Waals surface area contributed by atoms with Crippen molar-refractivity contribution in [3.8, 4) is 11.5 Å². The van der Waals surface area contributed by atoms with Gasteiger partial charge in [0.25, 0.3) is 0 Å². The maximum absolute atomic E-state index is 11.7. The van der Waals surface area contributed by atoms with Crippen molar-refractivity contribution in [2.45, 2.75) is 50.3 Å². The lowest BCUT2D eigenvalue weighted by molar-refractivity contribution is -0.0525. The summed E-state index contributed by atoms with van der Waals surface area (Å²) in [5, 5.41) is 32.2. The lowest BCUT2D eigenvalue weighted by Crippen LogP contribution is -2.39. The third-order valence-corrected chi connectivity index (χ3v) is 5.43. The molecule has 32 heavy (non-hydrogen) atoms. The van der Waals surface area contributed by atoms with Crippen LogP contribution in [0.1, 0.15) is 43.5 Å². The fourth-order valence-electron chi connectivity index (χ4n) is 2.78. The van der Waals surface area contributed by atoms with Gasteiger partial charge in [-0.15, -0.1) is 0 Å². The van der Waals surface area contributed by atoms with Crippen molar-refractivity contribution in [2.75, 3.05) is 25.1 Å². The summed E-state index contributed by atoms with van der Waals surface area (Å²) >= 11 is 1.11. The molecule has 5 N–H and O–H groups in total. The van der Waals surface area contributed by atoms with Crippen molar-refractivity contribution >= 4 is 23.6 Å². The quantitative estimate of drug-likeness (QED) is 0.151. The highest BCUT2D eigenvalue weighted by Gasteiger charge is 2.22. The number of anilines is 1. The Morgan fingerprint density at radius 3 is 2.56 bits per heavy atom. The topological polar surface area (TPSA) is 120 Å². The van der Waals surface area contributed by atoms with Gasteiger partial charge in [0, 0.05) is 6.54 Å². The maximum atomic E-state index is 11.7. The molecular formula is C23H32N2O6S. The number of aliphatic hydroxyl groups excluding tert-OH is 2. The first-order chi connectivity index (χ1) is 15.5. The van der Waals surface area contributed by atoms with Gasteiger partial charge in [0.2, 0.25) is 0 Å². The summed E-state index contributed by atoms with van der Waals surface area (Å²) in [4.78, 5) is 12.3. The number of carbonyl (C=O) groups is 1. The Morgan fingerprint density at radius 2 is 1.94 bits per heavy atom. The molecule has 0 heterocycles. The number of carboxylic acids is 1. The number of aromatic carboxylic acids is 1. The van der Waals surface area contributed by atoms with Gasteiger partial charge in [-0.1, -0.05) is 38.5 Å². The van der Waals surface area contributed by atoms with E-state index in [1.54, 1.807) is 6.07 Å². The number of hydrogen-bond acceptors (Lipinski definition) is 8. The molecule has 9 heteroatoms. The molecule has 0 radical (unpaired) electrons. The highest BCUT2D eigenvalue weighted by atomic mass is 32.2. The fourth-order valence-corrected chi connectivity index (χ4v) is 3.68. The van der Waals surface area contributed by atoms with E-state index in [1.807, 2.05) is 37.3 Å². The first kappa shape index (κ1) is 26.0. The molecule has 0 aromatic heterocycles. The highest BCUT2D eigenvalue weighted by molar-refractivity contribution is 7.97. The molecule has 8 nitrogen and oxygen atoms in total. The van der Waals surface area contributed by atoms with Crippen molar-refractivity contribution in [1.29, 1.82) is 0 Å². The molecule has 0 spiro atoms. The molecular weight excluding hydrogens is 432 g/mol. The Labute approximate surface area is 193 Å². The Bertz CT molecular complexity index is 837. The van der Waals surface area contributed by atoms with Crippen molar-refractivity contribution in [3.05, 3.63) is 48.0 Å². The van der Waals surface area contributed by atoms with E-state index in [1.165, 1.54) is 6.07 Å². The lowest BCUT2D eigenvalue weighted by Gasteiger charge is -2.24. The van der Waals surface area contributed by atoms with Crippen molar-refractivity contribution < 1.29 is 29.6 Å². The van der Waals surface area contributed by atoms with E-state index >= 15 is 0 Å². The second-order valence-corrected chi connectivity index (χ2v) is 7.94. The summed E-state index contributed by atoms with van der Waals surface area (Å²) < 4.78 is 14.7. The first-order valence-corrected chi connectivity index (χ1v) is 11.5. The van der Waals surface area contributed by atoms with Crippen LogP contribution in [0, 0.1) is 0 Å². The number of nitrogens with one attached hydrogen (secondary N) is 2. The molecule has 2 aromatic carbocycles. The fraction of sp³-hybridized carbons (Fsp3) is 0.435. The van der Waals surface area contributed by atoms with Gasteiger partial charge in [-0.25, -0.2) is 9.52 Å². The van der Waals surface area contributed by atoms with E-state index in [4.69, 9.17) is 14.6 Å². The Hall–Kier alpha value is -2.30. The number of unbranched alkanes of at least 4 members (excludes halogenated alkanes) is 1. The number of para-hydroxylation sites is 1. The van der Waals surface area contributed by atoms with Gasteiger partial charge in [0.15, 0.2) is 5.75 Å². The number of rotatable bonds is 15. The minimum Gasteiger partial charge on any atom is -0.478 e. The predicted octanol–water partition coefficient (Wildman–Crippen LogP) is 4.09. The van der Waals surface area contributed by atoms with Crippen LogP contribution >= 0.6 is 11.9 Å². The molecule has 0 aliphatic heterocycles. The van der Waals surface area contributed by atoms with E-state index < -0.39 is 18.3 Å². The van der Waals surface area contributed by atoms with E-state index in [0.29, 0.717) is 35.0 Å². The van der Waals surface area contributed by atoms with Gasteiger partial charge >= 0.3 is 5.97 Å². The van der Waals surface area contributed by atoms with Crippen LogP contribution < -0.4 is 14.8 Å². The molecule has 0 aliphatic carbocycles. The third kappa shape index (κ3) is 7.99. The Morgan fingerprint density at radius 1 is 1.19 bits per heavy atom. The zero-order chi connectivity index (χ0) is 23.3. The van der Waals surface area contributed by atoms with Crippen LogP contribution in [0.2, 0.25) is 0 Å². The number of hydrogen-bond donors (Lipinski definition) is 5. The van der Waals surface area contributed by atoms with E-state index in [0.717, 1.165) is 24.8 Å². The lowest BCUT2D eigenvalue weighted by atomic mass is 10.1. The molecule has 0 amide bonds. The second kappa shape index (κ2) is 14.0. The molecule has 2 aromatic rings. The van der Waals surface area contributed by atoms with Crippen molar-refractivity contribution in [2.24, 2.45) is 0 Å². The van der Waals surface area contributed by atoms with Gasteiger partial charge in [0.05, 0.1) is 35.5 Å². The average Bonchev–Trinajstić information content (AvgIpc) is 2.80. The SMILES string of the molecule is CCCCNc1cc(C(=O)O)cc(SNC(OCCO)C(O)CC)c1Oc1ccccc1. The molecule has 0 bridgehead atoms. The largest absolute Gasteiger partial charge is 0.478 e. The molecule has 2 rings (SSSR count). The second-order valence-electron chi connectivity index (χ2n) is 7.06. The van der Waals surface area contributed by atoms with Gasteiger partial charge in [-0.2, -0.15) is 0 Å². The summed E-state index contributed by atoms with van der Waals surface area (Å²) in [7, 11) is 0. The zero-order valence-electron chi connectivity index (χ0n) is 18.4. The zero-order valence-corrected chi connectivity index (χ0v) is 19.2. The molecule has 0 aliphatic rings. The smallest absolute Gasteiger partial charge is 0.335 e. The van der Waals surface area contributed by atoms with Crippen molar-refractivity contribution in [1.82, 2.24) is 4.72 Å². The molecule has 0 saturated heterocycles. The summed E-state index contributed by atoms with van der Waals surface area (Å²) in [6.07, 6.45) is 0.783. The van der Waals surface area contributed by atoms with E-state index in [9.17, 15) is 15.0 Å². The van der Waals surface area contributed by atoms with E-state index in [-0.39, 0.29) is 18.8 Å². The predicted molar refractivity (Wildman–Crippen MR) is 125 cm³/mol. The van der Waals surface area contributed by atoms with Gasteiger partial charge in [-0.05, 0) is 49.1 Å². The maximum Gasteiger partial charge on any atom is 0.335 e. The van der Waals surface area contributed by atoms with Crippen LogP contribution in [0.4, 0.5) is 5.69 Å². The Balaban J connectivity index is 2.40. The first-order valence-electron chi connectivity index (χ1n) is 10.7. The molecule has 2 atom stereocenters. The van der Waals surface area contributed by atoms with Crippen molar-refractivity contribution in [3.63, 3.8) is 0 Å². The van der Waals surface area contributed by atoms with Crippen LogP contribution in [0.15, 0.2) is 47.4 Å². The molecule has 2 unspecified atom stereocenters. The number of benzene rings is 2. The van der Waals surface area contributed by atoms with Crippen LogP contribution in [0.3, 0.4) is 0 Å².